The van der Waals surface area contributed by atoms with Crippen molar-refractivity contribution in [2.45, 2.75) is 11.1 Å². The van der Waals surface area contributed by atoms with Crippen molar-refractivity contribution < 1.29 is 30.6 Å². The lowest BCUT2D eigenvalue weighted by Crippen LogP contribution is -2.11. The molecule has 0 N–H and O–H groups in total. The normalized spacial score (nSPS) is 11.7. The van der Waals surface area contributed by atoms with Crippen LogP contribution in [0, 0.1) is 0 Å². The first kappa shape index (κ1) is 18.0. The van der Waals surface area contributed by atoms with Gasteiger partial charge in [0.15, 0.2) is 5.75 Å². The van der Waals surface area contributed by atoms with Crippen LogP contribution < -0.4 is 4.18 Å². The minimum Gasteiger partial charge on any atom is -0.377 e. The van der Waals surface area contributed by atoms with Crippen molar-refractivity contribution in [3.05, 3.63) is 53.1 Å². The number of isocyanates is 1. The second-order valence-electron chi connectivity index (χ2n) is 4.38. The van der Waals surface area contributed by atoms with E-state index in [0.29, 0.717) is 12.1 Å². The summed E-state index contributed by atoms with van der Waals surface area (Å²) in [6.07, 6.45) is -3.29. The standard InChI is InChI=1S/C14H7ClF3NO4S/c15-12-7-10(19-8-20)3-6-13(12)23-24(21,22)11-4-1-9(2-5-11)14(16,17)18/h1-7H. The second-order valence-corrected chi connectivity index (χ2v) is 6.33. The molecule has 126 valence electrons. The Kier molecular flexibility index (Phi) is 4.98. The van der Waals surface area contributed by atoms with Crippen molar-refractivity contribution in [1.29, 1.82) is 0 Å². The number of hydrogen-bond acceptors (Lipinski definition) is 5. The van der Waals surface area contributed by atoms with E-state index in [1.807, 2.05) is 0 Å². The fourth-order valence-electron chi connectivity index (χ4n) is 1.66. The molecule has 2 aromatic carbocycles. The summed E-state index contributed by atoms with van der Waals surface area (Å²) >= 11 is 5.82. The van der Waals surface area contributed by atoms with E-state index in [0.717, 1.165) is 18.2 Å². The molecule has 0 bridgehead atoms. The average molecular weight is 378 g/mol. The molecule has 5 nitrogen and oxygen atoms in total. The maximum Gasteiger partial charge on any atom is 0.416 e. The van der Waals surface area contributed by atoms with Crippen LogP contribution in [0.5, 0.6) is 5.75 Å². The first-order valence-corrected chi connectivity index (χ1v) is 7.91. The van der Waals surface area contributed by atoms with E-state index in [9.17, 15) is 26.4 Å². The molecule has 0 aromatic heterocycles. The summed E-state index contributed by atoms with van der Waals surface area (Å²) in [7, 11) is -4.38. The summed E-state index contributed by atoms with van der Waals surface area (Å²) in [6.45, 7) is 0. The van der Waals surface area contributed by atoms with Crippen LogP contribution in [0.1, 0.15) is 5.56 Å². The fraction of sp³-hybridized carbons (Fsp3) is 0.0714. The van der Waals surface area contributed by atoms with Crippen LogP contribution in [0.15, 0.2) is 52.4 Å². The number of rotatable bonds is 4. The third kappa shape index (κ3) is 4.14. The molecule has 0 heterocycles. The molecule has 10 heteroatoms. The summed E-state index contributed by atoms with van der Waals surface area (Å²) in [5, 5.41) is -0.151. The molecular formula is C14H7ClF3NO4S. The Hall–Kier alpha value is -2.35. The Morgan fingerprint density at radius 3 is 2.21 bits per heavy atom. The van der Waals surface area contributed by atoms with E-state index >= 15 is 0 Å². The van der Waals surface area contributed by atoms with Gasteiger partial charge in [-0.25, -0.2) is 4.79 Å². The van der Waals surface area contributed by atoms with Crippen molar-refractivity contribution in [3.63, 3.8) is 0 Å². The highest BCUT2D eigenvalue weighted by Crippen LogP contribution is 2.32. The molecule has 24 heavy (non-hydrogen) atoms. The topological polar surface area (TPSA) is 72.8 Å². The van der Waals surface area contributed by atoms with Crippen LogP contribution >= 0.6 is 11.6 Å². The van der Waals surface area contributed by atoms with Gasteiger partial charge in [-0.05, 0) is 42.5 Å². The van der Waals surface area contributed by atoms with Gasteiger partial charge in [0, 0.05) is 0 Å². The van der Waals surface area contributed by atoms with Gasteiger partial charge in [-0.15, -0.1) is 0 Å². The summed E-state index contributed by atoms with van der Waals surface area (Å²) < 4.78 is 66.4. The van der Waals surface area contributed by atoms with Gasteiger partial charge in [0.1, 0.15) is 4.90 Å². The zero-order chi connectivity index (χ0) is 18.0. The summed E-state index contributed by atoms with van der Waals surface area (Å²) in [6, 6.07) is 6.38. The molecule has 0 amide bonds. The first-order valence-electron chi connectivity index (χ1n) is 6.12. The van der Waals surface area contributed by atoms with E-state index < -0.39 is 26.8 Å². The van der Waals surface area contributed by atoms with E-state index in [1.54, 1.807) is 0 Å². The van der Waals surface area contributed by atoms with Gasteiger partial charge >= 0.3 is 16.3 Å². The van der Waals surface area contributed by atoms with Gasteiger partial charge in [-0.2, -0.15) is 26.6 Å². The molecule has 0 radical (unpaired) electrons. The summed E-state index contributed by atoms with van der Waals surface area (Å²) in [4.78, 5) is 13.0. The molecule has 0 saturated carbocycles. The lowest BCUT2D eigenvalue weighted by atomic mass is 10.2. The maximum atomic E-state index is 12.5. The largest absolute Gasteiger partial charge is 0.416 e. The lowest BCUT2D eigenvalue weighted by Gasteiger charge is -2.10. The molecule has 0 unspecified atom stereocenters. The predicted molar refractivity (Wildman–Crippen MR) is 78.5 cm³/mol. The fourth-order valence-corrected chi connectivity index (χ4v) is 2.86. The highest BCUT2D eigenvalue weighted by Gasteiger charge is 2.31. The molecule has 0 atom stereocenters. The van der Waals surface area contributed by atoms with Gasteiger partial charge < -0.3 is 4.18 Å². The van der Waals surface area contributed by atoms with Crippen molar-refractivity contribution in [2.75, 3.05) is 0 Å². The number of carbonyl (C=O) groups excluding carboxylic acids is 1. The molecule has 0 spiro atoms. The highest BCUT2D eigenvalue weighted by atomic mass is 35.5. The molecule has 2 rings (SSSR count). The molecule has 2 aromatic rings. The SMILES string of the molecule is O=C=Nc1ccc(OS(=O)(=O)c2ccc(C(F)(F)F)cc2)c(Cl)c1. The Balaban J connectivity index is 2.30. The van der Waals surface area contributed by atoms with E-state index in [4.69, 9.17) is 15.8 Å². The third-order valence-electron chi connectivity index (χ3n) is 2.76. The molecular weight excluding hydrogens is 371 g/mol. The molecule has 0 fully saturated rings. The van der Waals surface area contributed by atoms with Gasteiger partial charge in [0.25, 0.3) is 0 Å². The van der Waals surface area contributed by atoms with Crippen LogP contribution in [0.2, 0.25) is 5.02 Å². The van der Waals surface area contributed by atoms with Crippen LogP contribution in [-0.2, 0) is 21.1 Å². The predicted octanol–water partition coefficient (Wildman–Crippen LogP) is 4.09. The summed E-state index contributed by atoms with van der Waals surface area (Å²) in [5.41, 5.74) is -0.857. The zero-order valence-corrected chi connectivity index (χ0v) is 13.1. The Bertz CT molecular complexity index is 905. The number of halogens is 4. The lowest BCUT2D eigenvalue weighted by molar-refractivity contribution is -0.137. The number of alkyl halides is 3. The Labute approximate surface area is 139 Å². The van der Waals surface area contributed by atoms with Crippen LogP contribution in [-0.4, -0.2) is 14.5 Å². The van der Waals surface area contributed by atoms with E-state index in [2.05, 4.69) is 4.99 Å². The summed E-state index contributed by atoms with van der Waals surface area (Å²) in [5.74, 6) is -0.263. The van der Waals surface area contributed by atoms with E-state index in [1.165, 1.54) is 18.2 Å². The molecule has 0 aliphatic rings. The molecule has 0 saturated heterocycles. The third-order valence-corrected chi connectivity index (χ3v) is 4.30. The Morgan fingerprint density at radius 1 is 1.08 bits per heavy atom. The zero-order valence-electron chi connectivity index (χ0n) is 11.5. The van der Waals surface area contributed by atoms with Crippen molar-refractivity contribution >= 4 is 33.5 Å². The minimum atomic E-state index is -4.58. The first-order chi connectivity index (χ1) is 11.1. The van der Waals surface area contributed by atoms with Gasteiger partial charge in [-0.1, -0.05) is 11.6 Å². The van der Waals surface area contributed by atoms with Crippen LogP contribution in [0.25, 0.3) is 0 Å². The molecule has 0 aliphatic heterocycles. The number of aliphatic imine (C=N–C) groups is 1. The number of nitrogens with zero attached hydrogens (tertiary/aromatic N) is 1. The highest BCUT2D eigenvalue weighted by molar-refractivity contribution is 7.87. The maximum absolute atomic E-state index is 12.5. The number of hydrogen-bond donors (Lipinski definition) is 0. The van der Waals surface area contributed by atoms with Crippen molar-refractivity contribution in [3.8, 4) is 5.75 Å². The van der Waals surface area contributed by atoms with Crippen LogP contribution in [0.3, 0.4) is 0 Å². The quantitative estimate of drug-likeness (QED) is 0.457. The smallest absolute Gasteiger partial charge is 0.377 e. The minimum absolute atomic E-state index is 0.134. The van der Waals surface area contributed by atoms with Crippen LogP contribution in [0.4, 0.5) is 18.9 Å². The van der Waals surface area contributed by atoms with Gasteiger partial charge in [-0.3, -0.25) is 0 Å². The van der Waals surface area contributed by atoms with Crippen molar-refractivity contribution in [2.24, 2.45) is 4.99 Å². The second kappa shape index (κ2) is 6.64. The number of benzene rings is 2. The van der Waals surface area contributed by atoms with Crippen molar-refractivity contribution in [1.82, 2.24) is 0 Å². The monoisotopic (exact) mass is 377 g/mol. The average Bonchev–Trinajstić information content (AvgIpc) is 2.49. The molecule has 0 aliphatic carbocycles. The van der Waals surface area contributed by atoms with E-state index in [-0.39, 0.29) is 16.5 Å². The Morgan fingerprint density at radius 2 is 1.71 bits per heavy atom. The van der Waals surface area contributed by atoms with Gasteiger partial charge in [0.2, 0.25) is 6.08 Å². The van der Waals surface area contributed by atoms with Gasteiger partial charge in [0.05, 0.1) is 16.3 Å².